The molecule has 0 radical (unpaired) electrons. The second-order valence-corrected chi connectivity index (χ2v) is 8.97. The zero-order valence-electron chi connectivity index (χ0n) is 16.8. The predicted molar refractivity (Wildman–Crippen MR) is 123 cm³/mol. The van der Waals surface area contributed by atoms with Crippen LogP contribution in [0.1, 0.15) is 32.6 Å². The lowest BCUT2D eigenvalue weighted by molar-refractivity contribution is 0.0508. The van der Waals surface area contributed by atoms with Gasteiger partial charge in [0.05, 0.1) is 5.56 Å². The number of nitrogens with one attached hydrogen (secondary N) is 1. The highest BCUT2D eigenvalue weighted by Crippen LogP contribution is 2.38. The van der Waals surface area contributed by atoms with E-state index in [1.54, 1.807) is 24.3 Å². The zero-order chi connectivity index (χ0) is 22.9. The number of allylic oxidation sites excluding steroid dienone is 1. The molecule has 0 unspecified atom stereocenters. The van der Waals surface area contributed by atoms with Gasteiger partial charge in [0.2, 0.25) is 3.79 Å². The van der Waals surface area contributed by atoms with Gasteiger partial charge >= 0.3 is 5.97 Å². The Morgan fingerprint density at radius 2 is 1.87 bits per heavy atom. The van der Waals surface area contributed by atoms with E-state index in [0.717, 1.165) is 23.1 Å². The summed E-state index contributed by atoms with van der Waals surface area (Å²) in [6.45, 7) is 3.36. The molecule has 0 aliphatic rings. The van der Waals surface area contributed by atoms with Gasteiger partial charge in [0.25, 0.3) is 0 Å². The molecule has 0 spiro atoms. The third kappa shape index (κ3) is 7.90. The van der Waals surface area contributed by atoms with Gasteiger partial charge in [0.15, 0.2) is 0 Å². The van der Waals surface area contributed by atoms with Gasteiger partial charge in [-0.1, -0.05) is 65.1 Å². The van der Waals surface area contributed by atoms with Crippen molar-refractivity contribution in [1.29, 1.82) is 10.5 Å². The Morgan fingerprint density at radius 3 is 2.52 bits per heavy atom. The van der Waals surface area contributed by atoms with Gasteiger partial charge in [0, 0.05) is 12.1 Å². The lowest BCUT2D eigenvalue weighted by atomic mass is 10.0. The Bertz CT molecular complexity index is 1030. The molecule has 2 rings (SSSR count). The molecule has 0 amide bonds. The maximum absolute atomic E-state index is 12.1. The van der Waals surface area contributed by atoms with E-state index in [9.17, 15) is 4.79 Å². The van der Waals surface area contributed by atoms with E-state index in [0.29, 0.717) is 24.2 Å². The van der Waals surface area contributed by atoms with Crippen LogP contribution in [0.15, 0.2) is 48.0 Å². The van der Waals surface area contributed by atoms with Crippen LogP contribution in [-0.4, -0.2) is 25.7 Å². The number of carbonyl (C=O) groups excluding carboxylic acids is 1. The standard InChI is InChI=1S/C23H20Cl3N3O2/c1-16-11-17(5-6-19(16)12-18(14-27)15-28)7-8-29-9-10-31-22(30)20-3-2-4-21(13-20)23(24,25)26/h2-6,11-13,29H,7-10H2,1H3. The summed E-state index contributed by atoms with van der Waals surface area (Å²) >= 11 is 17.5. The summed E-state index contributed by atoms with van der Waals surface area (Å²) in [5.41, 5.74) is 3.76. The third-order valence-electron chi connectivity index (χ3n) is 4.40. The van der Waals surface area contributed by atoms with Crippen molar-refractivity contribution in [2.24, 2.45) is 0 Å². The second-order valence-electron chi connectivity index (χ2n) is 6.69. The van der Waals surface area contributed by atoms with Crippen LogP contribution in [0.4, 0.5) is 0 Å². The zero-order valence-corrected chi connectivity index (χ0v) is 19.1. The van der Waals surface area contributed by atoms with Crippen molar-refractivity contribution >= 4 is 46.8 Å². The first kappa shape index (κ1) is 24.7. The van der Waals surface area contributed by atoms with Crippen LogP contribution in [-0.2, 0) is 15.0 Å². The van der Waals surface area contributed by atoms with Crippen LogP contribution in [0.5, 0.6) is 0 Å². The first-order valence-corrected chi connectivity index (χ1v) is 10.5. The topological polar surface area (TPSA) is 85.9 Å². The maximum Gasteiger partial charge on any atom is 0.338 e. The molecule has 0 atom stereocenters. The van der Waals surface area contributed by atoms with Crippen LogP contribution in [0.2, 0.25) is 0 Å². The summed E-state index contributed by atoms with van der Waals surface area (Å²) in [6, 6.07) is 16.0. The number of esters is 1. The summed E-state index contributed by atoms with van der Waals surface area (Å²) in [5.74, 6) is -0.480. The van der Waals surface area contributed by atoms with Crippen LogP contribution in [0.3, 0.4) is 0 Å². The Morgan fingerprint density at radius 1 is 1.13 bits per heavy atom. The first-order chi connectivity index (χ1) is 14.7. The quantitative estimate of drug-likeness (QED) is 0.244. The number of benzene rings is 2. The number of rotatable bonds is 8. The first-order valence-electron chi connectivity index (χ1n) is 9.41. The molecule has 31 heavy (non-hydrogen) atoms. The van der Waals surface area contributed by atoms with E-state index >= 15 is 0 Å². The van der Waals surface area contributed by atoms with E-state index in [-0.39, 0.29) is 12.2 Å². The number of nitriles is 2. The van der Waals surface area contributed by atoms with E-state index in [1.807, 2.05) is 37.3 Å². The van der Waals surface area contributed by atoms with Gasteiger partial charge in [0.1, 0.15) is 24.3 Å². The summed E-state index contributed by atoms with van der Waals surface area (Å²) in [4.78, 5) is 12.1. The average Bonchev–Trinajstić information content (AvgIpc) is 2.75. The van der Waals surface area contributed by atoms with E-state index in [2.05, 4.69) is 5.32 Å². The molecule has 2 aromatic carbocycles. The number of carbonyl (C=O) groups is 1. The van der Waals surface area contributed by atoms with Gasteiger partial charge in [-0.15, -0.1) is 0 Å². The molecule has 0 aliphatic heterocycles. The fourth-order valence-corrected chi connectivity index (χ4v) is 3.13. The molecule has 5 nitrogen and oxygen atoms in total. The number of alkyl halides is 3. The number of halogens is 3. The van der Waals surface area contributed by atoms with Crippen molar-refractivity contribution in [2.75, 3.05) is 19.7 Å². The van der Waals surface area contributed by atoms with E-state index < -0.39 is 9.76 Å². The van der Waals surface area contributed by atoms with Crippen molar-refractivity contribution in [3.05, 3.63) is 75.9 Å². The Kier molecular flexibility index (Phi) is 9.37. The number of hydrogen-bond donors (Lipinski definition) is 1. The molecule has 8 heteroatoms. The van der Waals surface area contributed by atoms with Gasteiger partial charge in [-0.25, -0.2) is 4.79 Å². The predicted octanol–water partition coefficient (Wildman–Crippen LogP) is 5.24. The summed E-state index contributed by atoms with van der Waals surface area (Å²) in [5, 5.41) is 21.0. The Balaban J connectivity index is 1.76. The van der Waals surface area contributed by atoms with Crippen molar-refractivity contribution in [3.63, 3.8) is 0 Å². The maximum atomic E-state index is 12.1. The van der Waals surface area contributed by atoms with Crippen LogP contribution >= 0.6 is 34.8 Å². The highest BCUT2D eigenvalue weighted by Gasteiger charge is 2.23. The van der Waals surface area contributed by atoms with Crippen molar-refractivity contribution in [2.45, 2.75) is 17.1 Å². The Labute approximate surface area is 196 Å². The molecule has 1 N–H and O–H groups in total. The van der Waals surface area contributed by atoms with E-state index in [1.165, 1.54) is 6.07 Å². The molecule has 0 fully saturated rings. The fourth-order valence-electron chi connectivity index (χ4n) is 2.78. The van der Waals surface area contributed by atoms with Crippen LogP contribution in [0, 0.1) is 29.6 Å². The highest BCUT2D eigenvalue weighted by molar-refractivity contribution is 6.66. The van der Waals surface area contributed by atoms with Gasteiger partial charge < -0.3 is 10.1 Å². The minimum atomic E-state index is -1.60. The molecular weight excluding hydrogens is 457 g/mol. The third-order valence-corrected chi connectivity index (χ3v) is 5.06. The van der Waals surface area contributed by atoms with Crippen molar-refractivity contribution < 1.29 is 9.53 Å². The molecule has 0 heterocycles. The second kappa shape index (κ2) is 11.7. The fraction of sp³-hybridized carbons (Fsp3) is 0.261. The minimum Gasteiger partial charge on any atom is -0.461 e. The summed E-state index contributed by atoms with van der Waals surface area (Å²) in [7, 11) is 0. The highest BCUT2D eigenvalue weighted by atomic mass is 35.6. The Hall–Kier alpha value is -2.54. The molecule has 160 valence electrons. The molecule has 2 aromatic rings. The average molecular weight is 477 g/mol. The minimum absolute atomic E-state index is 0.0751. The van der Waals surface area contributed by atoms with Crippen LogP contribution < -0.4 is 5.32 Å². The number of aryl methyl sites for hydroxylation is 1. The van der Waals surface area contributed by atoms with Crippen LogP contribution in [0.25, 0.3) is 6.08 Å². The van der Waals surface area contributed by atoms with Crippen molar-refractivity contribution in [1.82, 2.24) is 5.32 Å². The lowest BCUT2D eigenvalue weighted by Gasteiger charge is -2.12. The number of nitrogens with zero attached hydrogens (tertiary/aromatic N) is 2. The number of hydrogen-bond acceptors (Lipinski definition) is 5. The van der Waals surface area contributed by atoms with Crippen molar-refractivity contribution in [3.8, 4) is 12.1 Å². The molecule has 0 saturated heterocycles. The van der Waals surface area contributed by atoms with Gasteiger partial charge in [-0.2, -0.15) is 10.5 Å². The normalized spacial score (nSPS) is 10.6. The van der Waals surface area contributed by atoms with Gasteiger partial charge in [-0.3, -0.25) is 0 Å². The summed E-state index contributed by atoms with van der Waals surface area (Å²) in [6.07, 6.45) is 2.36. The largest absolute Gasteiger partial charge is 0.461 e. The number of ether oxygens (including phenoxy) is 1. The molecule has 0 saturated carbocycles. The SMILES string of the molecule is Cc1cc(CCNCCOC(=O)c2cccc(C(Cl)(Cl)Cl)c2)ccc1C=C(C#N)C#N. The van der Waals surface area contributed by atoms with E-state index in [4.69, 9.17) is 50.1 Å². The molecular formula is C23H20Cl3N3O2. The molecule has 0 aromatic heterocycles. The smallest absolute Gasteiger partial charge is 0.338 e. The lowest BCUT2D eigenvalue weighted by Crippen LogP contribution is -2.23. The molecule has 0 aliphatic carbocycles. The molecule has 0 bridgehead atoms. The monoisotopic (exact) mass is 475 g/mol. The summed E-state index contributed by atoms with van der Waals surface area (Å²) < 4.78 is 3.65. The van der Waals surface area contributed by atoms with Gasteiger partial charge in [-0.05, 0) is 54.8 Å².